The highest BCUT2D eigenvalue weighted by molar-refractivity contribution is 7.18. The van der Waals surface area contributed by atoms with Gasteiger partial charge in [0.1, 0.15) is 5.00 Å². The first kappa shape index (κ1) is 18.9. The maximum absolute atomic E-state index is 12.6. The first-order valence-electron chi connectivity index (χ1n) is 8.65. The Balaban J connectivity index is 1.80. The Labute approximate surface area is 161 Å². The molecular weight excluding hydrogens is 366 g/mol. The standard InChI is InChI=1S/C19H21N3O4S/c1-3-26-19(25)15-11(2)16(17(20)24)27-18(15)21-14(23)10-22-9-8-12-6-4-5-7-13(12)22/h4-7H,3,8-10H2,1-2H3,(H2,20,24)(H,21,23). The molecule has 1 aromatic carbocycles. The third-order valence-electron chi connectivity index (χ3n) is 4.42. The monoisotopic (exact) mass is 387 g/mol. The van der Waals surface area contributed by atoms with Crippen LogP contribution in [-0.4, -0.2) is 37.5 Å². The van der Waals surface area contributed by atoms with Crippen molar-refractivity contribution in [1.29, 1.82) is 0 Å². The van der Waals surface area contributed by atoms with Crippen molar-refractivity contribution >= 4 is 39.8 Å². The quantitative estimate of drug-likeness (QED) is 0.741. The predicted molar refractivity (Wildman–Crippen MR) is 105 cm³/mol. The summed E-state index contributed by atoms with van der Waals surface area (Å²) in [5.74, 6) is -1.49. The molecule has 3 N–H and O–H groups in total. The normalized spacial score (nSPS) is 12.6. The van der Waals surface area contributed by atoms with Gasteiger partial charge in [-0.05, 0) is 37.5 Å². The molecule has 142 valence electrons. The van der Waals surface area contributed by atoms with Crippen LogP contribution in [0.1, 0.15) is 38.1 Å². The highest BCUT2D eigenvalue weighted by Gasteiger charge is 2.27. The maximum Gasteiger partial charge on any atom is 0.341 e. The third-order valence-corrected chi connectivity index (χ3v) is 5.64. The Morgan fingerprint density at radius 2 is 2.04 bits per heavy atom. The Morgan fingerprint density at radius 3 is 2.74 bits per heavy atom. The molecule has 0 radical (unpaired) electrons. The van der Waals surface area contributed by atoms with Crippen LogP contribution in [0.3, 0.4) is 0 Å². The Hall–Kier alpha value is -2.87. The van der Waals surface area contributed by atoms with E-state index in [1.165, 1.54) is 5.56 Å². The summed E-state index contributed by atoms with van der Waals surface area (Å²) in [5, 5.41) is 3.04. The number of hydrogen-bond acceptors (Lipinski definition) is 6. The summed E-state index contributed by atoms with van der Waals surface area (Å²) in [6.45, 7) is 4.42. The lowest BCUT2D eigenvalue weighted by Gasteiger charge is -2.18. The molecule has 27 heavy (non-hydrogen) atoms. The van der Waals surface area contributed by atoms with Crippen LogP contribution >= 0.6 is 11.3 Å². The van der Waals surface area contributed by atoms with Gasteiger partial charge in [-0.3, -0.25) is 9.59 Å². The van der Waals surface area contributed by atoms with Crippen LogP contribution < -0.4 is 16.0 Å². The average molecular weight is 387 g/mol. The molecule has 8 heteroatoms. The molecule has 0 atom stereocenters. The molecule has 2 amide bonds. The molecule has 1 aliphatic heterocycles. The van der Waals surface area contributed by atoms with E-state index in [0.29, 0.717) is 5.56 Å². The summed E-state index contributed by atoms with van der Waals surface area (Å²) >= 11 is 0.994. The van der Waals surface area contributed by atoms with Gasteiger partial charge in [-0.15, -0.1) is 11.3 Å². The molecule has 0 unspecified atom stereocenters. The number of thiophene rings is 1. The summed E-state index contributed by atoms with van der Waals surface area (Å²) in [6.07, 6.45) is 0.890. The second kappa shape index (κ2) is 7.79. The van der Waals surface area contributed by atoms with E-state index in [4.69, 9.17) is 10.5 Å². The van der Waals surface area contributed by atoms with Gasteiger partial charge in [0, 0.05) is 12.2 Å². The zero-order valence-electron chi connectivity index (χ0n) is 15.2. The van der Waals surface area contributed by atoms with Gasteiger partial charge in [0.25, 0.3) is 5.91 Å². The number of carbonyl (C=O) groups is 3. The summed E-state index contributed by atoms with van der Waals surface area (Å²) < 4.78 is 5.06. The van der Waals surface area contributed by atoms with E-state index in [2.05, 4.69) is 5.32 Å². The zero-order valence-corrected chi connectivity index (χ0v) is 16.0. The molecule has 1 aromatic heterocycles. The van der Waals surface area contributed by atoms with Crippen LogP contribution in [0.5, 0.6) is 0 Å². The lowest BCUT2D eigenvalue weighted by atomic mass is 10.1. The number of primary amides is 1. The van der Waals surface area contributed by atoms with Crippen molar-refractivity contribution in [3.05, 3.63) is 45.8 Å². The summed E-state index contributed by atoms with van der Waals surface area (Å²) in [4.78, 5) is 38.7. The molecule has 0 saturated carbocycles. The molecule has 2 aromatic rings. The van der Waals surface area contributed by atoms with E-state index in [9.17, 15) is 14.4 Å². The first-order valence-corrected chi connectivity index (χ1v) is 9.47. The van der Waals surface area contributed by atoms with Gasteiger partial charge in [0.15, 0.2) is 0 Å². The van der Waals surface area contributed by atoms with Gasteiger partial charge < -0.3 is 20.7 Å². The van der Waals surface area contributed by atoms with Gasteiger partial charge in [-0.2, -0.15) is 0 Å². The second-order valence-corrected chi connectivity index (χ2v) is 7.21. The summed E-state index contributed by atoms with van der Waals surface area (Å²) in [7, 11) is 0. The molecule has 7 nitrogen and oxygen atoms in total. The number of nitrogens with zero attached hydrogens (tertiary/aromatic N) is 1. The number of ether oxygens (including phenoxy) is 1. The number of carbonyl (C=O) groups excluding carboxylic acids is 3. The van der Waals surface area contributed by atoms with Gasteiger partial charge in [0.05, 0.1) is 23.6 Å². The molecular formula is C19H21N3O4S. The van der Waals surface area contributed by atoms with Crippen LogP contribution in [0.2, 0.25) is 0 Å². The minimum atomic E-state index is -0.642. The van der Waals surface area contributed by atoms with Crippen molar-refractivity contribution in [3.8, 4) is 0 Å². The number of hydrogen-bond donors (Lipinski definition) is 2. The predicted octanol–water partition coefficient (Wildman–Crippen LogP) is 2.33. The van der Waals surface area contributed by atoms with E-state index in [1.807, 2.05) is 29.2 Å². The van der Waals surface area contributed by atoms with Crippen molar-refractivity contribution in [1.82, 2.24) is 0 Å². The van der Waals surface area contributed by atoms with E-state index in [-0.39, 0.29) is 34.5 Å². The zero-order chi connectivity index (χ0) is 19.6. The summed E-state index contributed by atoms with van der Waals surface area (Å²) in [6, 6.07) is 7.96. The number of benzene rings is 1. The first-order chi connectivity index (χ1) is 12.9. The molecule has 0 aliphatic carbocycles. The van der Waals surface area contributed by atoms with E-state index in [1.54, 1.807) is 13.8 Å². The van der Waals surface area contributed by atoms with Crippen molar-refractivity contribution in [2.45, 2.75) is 20.3 Å². The van der Waals surface area contributed by atoms with Gasteiger partial charge in [-0.25, -0.2) is 4.79 Å². The number of amides is 2. The SMILES string of the molecule is CCOC(=O)c1c(NC(=O)CN2CCc3ccccc32)sc(C(N)=O)c1C. The van der Waals surface area contributed by atoms with Gasteiger partial charge in [-0.1, -0.05) is 18.2 Å². The number of rotatable bonds is 6. The van der Waals surface area contributed by atoms with Gasteiger partial charge in [0.2, 0.25) is 5.91 Å². The summed E-state index contributed by atoms with van der Waals surface area (Å²) in [5.41, 5.74) is 8.24. The van der Waals surface area contributed by atoms with Crippen molar-refractivity contribution in [3.63, 3.8) is 0 Å². The van der Waals surface area contributed by atoms with E-state index in [0.717, 1.165) is 30.0 Å². The number of para-hydroxylation sites is 1. The van der Waals surface area contributed by atoms with Crippen molar-refractivity contribution in [2.75, 3.05) is 29.9 Å². The minimum absolute atomic E-state index is 0.155. The van der Waals surface area contributed by atoms with Crippen LogP contribution in [0, 0.1) is 6.92 Å². The second-order valence-electron chi connectivity index (χ2n) is 6.19. The molecule has 0 fully saturated rings. The van der Waals surface area contributed by atoms with Crippen molar-refractivity contribution < 1.29 is 19.1 Å². The maximum atomic E-state index is 12.6. The van der Waals surface area contributed by atoms with E-state index < -0.39 is 11.9 Å². The molecule has 0 bridgehead atoms. The highest BCUT2D eigenvalue weighted by atomic mass is 32.1. The van der Waals surface area contributed by atoms with Crippen LogP contribution in [0.4, 0.5) is 10.7 Å². The molecule has 0 spiro atoms. The number of anilines is 2. The number of nitrogens with one attached hydrogen (secondary N) is 1. The average Bonchev–Trinajstić information content (AvgIpc) is 3.16. The molecule has 2 heterocycles. The van der Waals surface area contributed by atoms with Crippen LogP contribution in [0.15, 0.2) is 24.3 Å². The fourth-order valence-electron chi connectivity index (χ4n) is 3.20. The number of fused-ring (bicyclic) bond motifs is 1. The lowest BCUT2D eigenvalue weighted by molar-refractivity contribution is -0.114. The molecule has 3 rings (SSSR count). The lowest BCUT2D eigenvalue weighted by Crippen LogP contribution is -2.32. The van der Waals surface area contributed by atoms with E-state index >= 15 is 0 Å². The van der Waals surface area contributed by atoms with Gasteiger partial charge >= 0.3 is 5.97 Å². The topological polar surface area (TPSA) is 102 Å². The third kappa shape index (κ3) is 3.80. The molecule has 0 saturated heterocycles. The number of nitrogens with two attached hydrogens (primary N) is 1. The highest BCUT2D eigenvalue weighted by Crippen LogP contribution is 2.34. The Kier molecular flexibility index (Phi) is 5.46. The minimum Gasteiger partial charge on any atom is -0.462 e. The fourth-order valence-corrected chi connectivity index (χ4v) is 4.26. The largest absolute Gasteiger partial charge is 0.462 e. The van der Waals surface area contributed by atoms with Crippen LogP contribution in [0.25, 0.3) is 0 Å². The fraction of sp³-hybridized carbons (Fsp3) is 0.316. The Bertz CT molecular complexity index is 906. The van der Waals surface area contributed by atoms with Crippen molar-refractivity contribution in [2.24, 2.45) is 5.73 Å². The number of esters is 1. The smallest absolute Gasteiger partial charge is 0.341 e. The Morgan fingerprint density at radius 1 is 1.30 bits per heavy atom. The molecule has 1 aliphatic rings. The van der Waals surface area contributed by atoms with Crippen LogP contribution in [-0.2, 0) is 16.0 Å².